The Morgan fingerprint density at radius 3 is 2.50 bits per heavy atom. The maximum Gasteiger partial charge on any atom is 0.352 e. The zero-order valence-corrected chi connectivity index (χ0v) is 18.6. The third-order valence-corrected chi connectivity index (χ3v) is 4.86. The summed E-state index contributed by atoms with van der Waals surface area (Å²) in [7, 11) is 1.38. The second-order valence-corrected chi connectivity index (χ2v) is 7.34. The van der Waals surface area contributed by atoms with Crippen molar-refractivity contribution >= 4 is 35.2 Å². The number of amides is 1. The average molecular weight is 483 g/mol. The van der Waals surface area contributed by atoms with Crippen LogP contribution in [0.4, 0.5) is 5.69 Å². The molecule has 0 aromatic heterocycles. The third-order valence-electron chi connectivity index (χ3n) is 4.58. The second-order valence-electron chi connectivity index (χ2n) is 6.93. The van der Waals surface area contributed by atoms with Crippen molar-refractivity contribution in [2.24, 2.45) is 0 Å². The number of methoxy groups -OCH3 is 1. The number of carbonyl (C=O) groups is 2. The van der Waals surface area contributed by atoms with Gasteiger partial charge in [0.15, 0.2) is 11.5 Å². The summed E-state index contributed by atoms with van der Waals surface area (Å²) >= 11 is 6.35. The van der Waals surface area contributed by atoms with Gasteiger partial charge in [0, 0.05) is 17.7 Å². The van der Waals surface area contributed by atoms with E-state index >= 15 is 0 Å². The molecule has 0 heterocycles. The lowest BCUT2D eigenvalue weighted by atomic mass is 10.1. The maximum absolute atomic E-state index is 12.4. The zero-order chi connectivity index (χ0) is 24.7. The molecule has 0 aliphatic rings. The number of hydrogen-bond donors (Lipinski definition) is 2. The van der Waals surface area contributed by atoms with Gasteiger partial charge in [-0.3, -0.25) is 14.9 Å². The minimum absolute atomic E-state index is 0.0134. The van der Waals surface area contributed by atoms with Crippen LogP contribution in [0.5, 0.6) is 11.5 Å². The summed E-state index contributed by atoms with van der Waals surface area (Å²) in [6, 6.07) is 17.1. The maximum atomic E-state index is 12.4. The SMILES string of the molecule is COc1cc(C=C(NC(=O)c2ccccc2)C(=O)O)cc(Cl)c1OCc1cccc([N+](=O)[O-])c1. The Bertz CT molecular complexity index is 1260. The molecule has 1 amide bonds. The summed E-state index contributed by atoms with van der Waals surface area (Å²) in [5, 5.41) is 23.0. The van der Waals surface area contributed by atoms with Gasteiger partial charge in [0.2, 0.25) is 0 Å². The predicted octanol–water partition coefficient (Wildman–Crippen LogP) is 4.69. The van der Waals surface area contributed by atoms with Crippen molar-refractivity contribution in [3.8, 4) is 11.5 Å². The number of nitro benzene ring substituents is 1. The van der Waals surface area contributed by atoms with Crippen molar-refractivity contribution in [2.45, 2.75) is 6.61 Å². The molecule has 3 aromatic carbocycles. The molecular formula is C24H19ClN2O7. The number of nitrogens with zero attached hydrogens (tertiary/aromatic N) is 1. The summed E-state index contributed by atoms with van der Waals surface area (Å²) in [4.78, 5) is 34.5. The van der Waals surface area contributed by atoms with Crippen molar-refractivity contribution in [3.63, 3.8) is 0 Å². The zero-order valence-electron chi connectivity index (χ0n) is 17.9. The quantitative estimate of drug-likeness (QED) is 0.257. The Balaban J connectivity index is 1.84. The highest BCUT2D eigenvalue weighted by molar-refractivity contribution is 6.32. The molecule has 0 unspecified atom stereocenters. The first-order valence-electron chi connectivity index (χ1n) is 9.83. The van der Waals surface area contributed by atoms with Crippen LogP contribution < -0.4 is 14.8 Å². The Morgan fingerprint density at radius 1 is 1.12 bits per heavy atom. The molecule has 2 N–H and O–H groups in total. The van der Waals surface area contributed by atoms with Crippen LogP contribution >= 0.6 is 11.6 Å². The standard InChI is InChI=1S/C24H19ClN2O7/c1-33-21-13-16(12-20(24(29)30)26-23(28)17-7-3-2-4-8-17)11-19(25)22(21)34-14-15-6-5-9-18(10-15)27(31)32/h2-13H,14H2,1H3,(H,26,28)(H,29,30). The molecule has 0 saturated carbocycles. The molecule has 0 aliphatic carbocycles. The van der Waals surface area contributed by atoms with E-state index in [1.54, 1.807) is 42.5 Å². The summed E-state index contributed by atoms with van der Waals surface area (Å²) in [5.41, 5.74) is 0.759. The lowest BCUT2D eigenvalue weighted by Crippen LogP contribution is -2.27. The number of carboxylic acid groups (broad SMARTS) is 1. The Hall–Kier alpha value is -4.37. The highest BCUT2D eigenvalue weighted by atomic mass is 35.5. The van der Waals surface area contributed by atoms with Crippen LogP contribution in [0.2, 0.25) is 5.02 Å². The van der Waals surface area contributed by atoms with E-state index in [-0.39, 0.29) is 34.5 Å². The van der Waals surface area contributed by atoms with Gasteiger partial charge in [-0.1, -0.05) is 41.9 Å². The molecule has 3 aromatic rings. The van der Waals surface area contributed by atoms with Crippen LogP contribution in [-0.2, 0) is 11.4 Å². The number of carboxylic acids is 1. The summed E-state index contributed by atoms with van der Waals surface area (Å²) in [5.74, 6) is -1.53. The van der Waals surface area contributed by atoms with Crippen molar-refractivity contribution in [3.05, 3.63) is 104 Å². The Morgan fingerprint density at radius 2 is 1.85 bits per heavy atom. The summed E-state index contributed by atoms with van der Waals surface area (Å²) < 4.78 is 11.1. The fraction of sp³-hybridized carbons (Fsp3) is 0.0833. The molecule has 10 heteroatoms. The van der Waals surface area contributed by atoms with E-state index in [4.69, 9.17) is 21.1 Å². The van der Waals surface area contributed by atoms with Crippen LogP contribution in [0.3, 0.4) is 0 Å². The minimum Gasteiger partial charge on any atom is -0.493 e. The van der Waals surface area contributed by atoms with E-state index in [1.807, 2.05) is 0 Å². The summed E-state index contributed by atoms with van der Waals surface area (Å²) in [6.45, 7) is -0.0134. The highest BCUT2D eigenvalue weighted by Crippen LogP contribution is 2.37. The molecule has 0 aliphatic heterocycles. The number of ether oxygens (including phenoxy) is 2. The van der Waals surface area contributed by atoms with Gasteiger partial charge >= 0.3 is 5.97 Å². The van der Waals surface area contributed by atoms with Crippen molar-refractivity contribution in [1.82, 2.24) is 5.32 Å². The lowest BCUT2D eigenvalue weighted by Gasteiger charge is -2.14. The van der Waals surface area contributed by atoms with Gasteiger partial charge in [-0.2, -0.15) is 0 Å². The number of non-ortho nitro benzene ring substituents is 1. The molecule has 0 atom stereocenters. The van der Waals surface area contributed by atoms with E-state index < -0.39 is 16.8 Å². The van der Waals surface area contributed by atoms with E-state index in [0.29, 0.717) is 16.7 Å². The molecule has 174 valence electrons. The van der Waals surface area contributed by atoms with Crippen LogP contribution in [-0.4, -0.2) is 29.0 Å². The van der Waals surface area contributed by atoms with Crippen LogP contribution in [0.1, 0.15) is 21.5 Å². The minimum atomic E-state index is -1.34. The molecular weight excluding hydrogens is 464 g/mol. The van der Waals surface area contributed by atoms with Crippen molar-refractivity contribution in [2.75, 3.05) is 7.11 Å². The molecule has 0 radical (unpaired) electrons. The number of aliphatic carboxylic acids is 1. The van der Waals surface area contributed by atoms with Gasteiger partial charge in [-0.15, -0.1) is 0 Å². The van der Waals surface area contributed by atoms with Gasteiger partial charge in [0.1, 0.15) is 12.3 Å². The van der Waals surface area contributed by atoms with Gasteiger partial charge in [0.05, 0.1) is 17.1 Å². The lowest BCUT2D eigenvalue weighted by molar-refractivity contribution is -0.384. The number of rotatable bonds is 9. The topological polar surface area (TPSA) is 128 Å². The fourth-order valence-electron chi connectivity index (χ4n) is 2.98. The molecule has 0 bridgehead atoms. The van der Waals surface area contributed by atoms with Crippen LogP contribution in [0.15, 0.2) is 72.4 Å². The van der Waals surface area contributed by atoms with Crippen LogP contribution in [0, 0.1) is 10.1 Å². The number of hydrogen-bond acceptors (Lipinski definition) is 6. The van der Waals surface area contributed by atoms with Gasteiger partial charge < -0.3 is 19.9 Å². The van der Waals surface area contributed by atoms with E-state index in [0.717, 1.165) is 0 Å². The van der Waals surface area contributed by atoms with Gasteiger partial charge in [-0.05, 0) is 41.5 Å². The second kappa shape index (κ2) is 11.0. The first-order chi connectivity index (χ1) is 16.3. The largest absolute Gasteiger partial charge is 0.493 e. The number of nitro groups is 1. The molecule has 3 rings (SSSR count). The normalized spacial score (nSPS) is 10.9. The van der Waals surface area contributed by atoms with Gasteiger partial charge in [-0.25, -0.2) is 4.79 Å². The monoisotopic (exact) mass is 482 g/mol. The molecule has 0 saturated heterocycles. The first kappa shape index (κ1) is 24.3. The smallest absolute Gasteiger partial charge is 0.352 e. The highest BCUT2D eigenvalue weighted by Gasteiger charge is 2.16. The van der Waals surface area contributed by atoms with E-state index in [1.165, 1.54) is 37.5 Å². The van der Waals surface area contributed by atoms with Gasteiger partial charge in [0.25, 0.3) is 11.6 Å². The van der Waals surface area contributed by atoms with Crippen molar-refractivity contribution in [1.29, 1.82) is 0 Å². The Kier molecular flexibility index (Phi) is 7.83. The van der Waals surface area contributed by atoms with E-state index in [9.17, 15) is 24.8 Å². The first-order valence-corrected chi connectivity index (χ1v) is 10.2. The molecule has 0 fully saturated rings. The number of halogens is 1. The number of nitrogens with one attached hydrogen (secondary N) is 1. The Labute approximate surface area is 199 Å². The van der Waals surface area contributed by atoms with E-state index in [2.05, 4.69) is 5.32 Å². The fourth-order valence-corrected chi connectivity index (χ4v) is 3.25. The molecule has 34 heavy (non-hydrogen) atoms. The van der Waals surface area contributed by atoms with Crippen LogP contribution in [0.25, 0.3) is 6.08 Å². The number of benzene rings is 3. The molecule has 9 nitrogen and oxygen atoms in total. The summed E-state index contributed by atoms with van der Waals surface area (Å²) in [6.07, 6.45) is 1.24. The average Bonchev–Trinajstić information content (AvgIpc) is 2.83. The number of carbonyl (C=O) groups excluding carboxylic acids is 1. The molecule has 0 spiro atoms. The van der Waals surface area contributed by atoms with Crippen molar-refractivity contribution < 1.29 is 29.1 Å². The third kappa shape index (κ3) is 6.11. The predicted molar refractivity (Wildman–Crippen MR) is 125 cm³/mol.